The van der Waals surface area contributed by atoms with Gasteiger partial charge in [-0.3, -0.25) is 4.79 Å². The Labute approximate surface area is 147 Å². The molecule has 2 aromatic rings. The molecule has 0 bridgehead atoms. The van der Waals surface area contributed by atoms with E-state index in [1.54, 1.807) is 7.11 Å². The molecule has 2 unspecified atom stereocenters. The molecule has 5 N–H and O–H groups in total. The van der Waals surface area contributed by atoms with Crippen LogP contribution in [0.1, 0.15) is 11.1 Å². The van der Waals surface area contributed by atoms with E-state index in [2.05, 4.69) is 27.0 Å². The van der Waals surface area contributed by atoms with Crippen LogP contribution in [0.5, 0.6) is 5.75 Å². The number of hydrogen-bond acceptors (Lipinski definition) is 6. The molecule has 1 amide bonds. The highest BCUT2D eigenvalue weighted by Gasteiger charge is 2.32. The summed E-state index contributed by atoms with van der Waals surface area (Å²) in [5.74, 6) is 0.650. The number of hydrazine groups is 2. The Balaban J connectivity index is 1.65. The molecule has 1 saturated heterocycles. The number of carbonyl (C=O) groups excluding carboxylic acids is 1. The van der Waals surface area contributed by atoms with Crippen molar-refractivity contribution in [2.45, 2.75) is 26.1 Å². The van der Waals surface area contributed by atoms with Crippen molar-refractivity contribution in [1.29, 1.82) is 0 Å². The van der Waals surface area contributed by atoms with Gasteiger partial charge in [-0.15, -0.1) is 0 Å². The number of ether oxygens (including phenoxy) is 1. The molecule has 7 heteroatoms. The van der Waals surface area contributed by atoms with Gasteiger partial charge < -0.3 is 15.4 Å². The van der Waals surface area contributed by atoms with E-state index in [4.69, 9.17) is 4.74 Å². The molecule has 3 rings (SSSR count). The summed E-state index contributed by atoms with van der Waals surface area (Å²) in [6, 6.07) is 12.9. The van der Waals surface area contributed by atoms with E-state index in [-0.39, 0.29) is 12.1 Å². The Morgan fingerprint density at radius 1 is 1.00 bits per heavy atom. The van der Waals surface area contributed by atoms with Gasteiger partial charge in [0.15, 0.2) is 0 Å². The molecule has 1 heterocycles. The van der Waals surface area contributed by atoms with Crippen molar-refractivity contribution in [1.82, 2.24) is 16.4 Å². The molecule has 1 fully saturated rings. The molecule has 1 aliphatic rings. The van der Waals surface area contributed by atoms with Crippen LogP contribution in [0, 0.1) is 13.8 Å². The fraction of sp³-hybridized carbons (Fsp3) is 0.278. The number of amides is 1. The minimum Gasteiger partial charge on any atom is -0.497 e. The fourth-order valence-corrected chi connectivity index (χ4v) is 2.61. The molecule has 0 aromatic heterocycles. The summed E-state index contributed by atoms with van der Waals surface area (Å²) in [4.78, 5) is 12.6. The summed E-state index contributed by atoms with van der Waals surface area (Å²) >= 11 is 0. The molecule has 0 aliphatic carbocycles. The molecular formula is C18H23N5O2. The summed E-state index contributed by atoms with van der Waals surface area (Å²) in [6.07, 6.45) is -0.306. The highest BCUT2D eigenvalue weighted by atomic mass is 16.5. The quantitative estimate of drug-likeness (QED) is 0.569. The normalized spacial score (nSPS) is 19.5. The van der Waals surface area contributed by atoms with E-state index in [1.807, 2.05) is 56.3 Å². The maximum absolute atomic E-state index is 12.6. The summed E-state index contributed by atoms with van der Waals surface area (Å²) < 4.78 is 5.15. The lowest BCUT2D eigenvalue weighted by Gasteiger charge is -2.20. The topological polar surface area (TPSA) is 86.5 Å². The zero-order valence-electron chi connectivity index (χ0n) is 14.5. The number of anilines is 2. The molecule has 0 saturated carbocycles. The lowest BCUT2D eigenvalue weighted by atomic mass is 10.1. The van der Waals surface area contributed by atoms with Crippen molar-refractivity contribution in [3.63, 3.8) is 0 Å². The largest absolute Gasteiger partial charge is 0.497 e. The molecular weight excluding hydrogens is 318 g/mol. The number of methoxy groups -OCH3 is 1. The third-order valence-corrected chi connectivity index (χ3v) is 4.26. The summed E-state index contributed by atoms with van der Waals surface area (Å²) in [5.41, 5.74) is 12.7. The first kappa shape index (κ1) is 17.2. The second-order valence-electron chi connectivity index (χ2n) is 6.03. The second kappa shape index (κ2) is 7.52. The average molecular weight is 341 g/mol. The first-order valence-corrected chi connectivity index (χ1v) is 8.11. The van der Waals surface area contributed by atoms with Gasteiger partial charge in [0.2, 0.25) is 5.91 Å². The Hall–Kier alpha value is -2.61. The molecule has 7 nitrogen and oxygen atoms in total. The summed E-state index contributed by atoms with van der Waals surface area (Å²) in [5, 5.41) is 6.22. The van der Waals surface area contributed by atoms with E-state index in [1.165, 1.54) is 5.56 Å². The van der Waals surface area contributed by atoms with Crippen LogP contribution < -0.4 is 31.8 Å². The Bertz CT molecular complexity index is 748. The minimum atomic E-state index is -0.483. The minimum absolute atomic E-state index is 0.133. The number of hydrogen-bond donors (Lipinski definition) is 5. The first-order valence-electron chi connectivity index (χ1n) is 8.11. The number of rotatable bonds is 5. The van der Waals surface area contributed by atoms with Gasteiger partial charge in [-0.05, 0) is 61.4 Å². The highest BCUT2D eigenvalue weighted by Crippen LogP contribution is 2.18. The zero-order valence-corrected chi connectivity index (χ0v) is 14.5. The third kappa shape index (κ3) is 4.08. The number of benzene rings is 2. The van der Waals surface area contributed by atoms with Crippen molar-refractivity contribution in [3.05, 3.63) is 53.6 Å². The monoisotopic (exact) mass is 341 g/mol. The fourth-order valence-electron chi connectivity index (χ4n) is 2.61. The summed E-state index contributed by atoms with van der Waals surface area (Å²) in [6.45, 7) is 4.07. The third-order valence-electron chi connectivity index (χ3n) is 4.26. The Kier molecular flexibility index (Phi) is 5.18. The van der Waals surface area contributed by atoms with Crippen molar-refractivity contribution in [2.75, 3.05) is 17.7 Å². The average Bonchev–Trinajstić information content (AvgIpc) is 3.07. The highest BCUT2D eigenvalue weighted by molar-refractivity contribution is 5.95. The van der Waals surface area contributed by atoms with Crippen LogP contribution in [-0.2, 0) is 4.79 Å². The van der Waals surface area contributed by atoms with E-state index in [9.17, 15) is 4.79 Å². The van der Waals surface area contributed by atoms with Crippen molar-refractivity contribution in [3.8, 4) is 5.75 Å². The van der Waals surface area contributed by atoms with Crippen LogP contribution in [0.25, 0.3) is 0 Å². The molecule has 25 heavy (non-hydrogen) atoms. The molecule has 1 aliphatic heterocycles. The van der Waals surface area contributed by atoms with Crippen molar-refractivity contribution < 1.29 is 9.53 Å². The van der Waals surface area contributed by atoms with Crippen LogP contribution in [-0.4, -0.2) is 25.2 Å². The van der Waals surface area contributed by atoms with E-state index >= 15 is 0 Å². The lowest BCUT2D eigenvalue weighted by Crippen LogP contribution is -2.47. The molecule has 0 spiro atoms. The SMILES string of the molecule is COc1ccc(NC2NNNC2C(=O)Nc2ccc(C)c(C)c2)cc1. The van der Waals surface area contributed by atoms with E-state index < -0.39 is 6.04 Å². The summed E-state index contributed by atoms with van der Waals surface area (Å²) in [7, 11) is 1.63. The van der Waals surface area contributed by atoms with Gasteiger partial charge in [0, 0.05) is 11.4 Å². The van der Waals surface area contributed by atoms with Gasteiger partial charge in [0.25, 0.3) is 0 Å². The molecule has 2 aromatic carbocycles. The molecule has 132 valence electrons. The predicted molar refractivity (Wildman–Crippen MR) is 98.1 cm³/mol. The van der Waals surface area contributed by atoms with Gasteiger partial charge >= 0.3 is 0 Å². The number of carbonyl (C=O) groups is 1. The number of aryl methyl sites for hydroxylation is 2. The number of nitrogens with one attached hydrogen (secondary N) is 5. The Morgan fingerprint density at radius 3 is 2.40 bits per heavy atom. The molecule has 2 atom stereocenters. The van der Waals surface area contributed by atoms with Gasteiger partial charge in [-0.25, -0.2) is 10.9 Å². The maximum atomic E-state index is 12.6. The van der Waals surface area contributed by atoms with E-state index in [0.717, 1.165) is 22.7 Å². The standard InChI is InChI=1S/C18H23N5O2/c1-11-4-5-14(10-12(11)2)20-18(24)16-17(22-23-21-16)19-13-6-8-15(25-3)9-7-13/h4-10,16-17,19,21-23H,1-3H3,(H,20,24). The smallest absolute Gasteiger partial charge is 0.246 e. The van der Waals surface area contributed by atoms with Crippen LogP contribution >= 0.6 is 0 Å². The van der Waals surface area contributed by atoms with Crippen LogP contribution in [0.3, 0.4) is 0 Å². The molecule has 0 radical (unpaired) electrons. The van der Waals surface area contributed by atoms with Gasteiger partial charge in [0.1, 0.15) is 18.0 Å². The van der Waals surface area contributed by atoms with Crippen LogP contribution in [0.15, 0.2) is 42.5 Å². The maximum Gasteiger partial charge on any atom is 0.246 e. The van der Waals surface area contributed by atoms with Gasteiger partial charge in [0.05, 0.1) is 7.11 Å². The van der Waals surface area contributed by atoms with Gasteiger partial charge in [-0.1, -0.05) is 6.07 Å². The lowest BCUT2D eigenvalue weighted by molar-refractivity contribution is -0.118. The van der Waals surface area contributed by atoms with Gasteiger partial charge in [-0.2, -0.15) is 5.53 Å². The van der Waals surface area contributed by atoms with Crippen molar-refractivity contribution >= 4 is 17.3 Å². The van der Waals surface area contributed by atoms with Crippen molar-refractivity contribution in [2.24, 2.45) is 0 Å². The van der Waals surface area contributed by atoms with Crippen LogP contribution in [0.4, 0.5) is 11.4 Å². The first-order chi connectivity index (χ1) is 12.1. The zero-order chi connectivity index (χ0) is 17.8. The van der Waals surface area contributed by atoms with Crippen LogP contribution in [0.2, 0.25) is 0 Å². The predicted octanol–water partition coefficient (Wildman–Crippen LogP) is 1.67. The Morgan fingerprint density at radius 2 is 1.72 bits per heavy atom. The van der Waals surface area contributed by atoms with E-state index in [0.29, 0.717) is 0 Å². The second-order valence-corrected chi connectivity index (χ2v) is 6.03.